The predicted octanol–water partition coefficient (Wildman–Crippen LogP) is 0.637. The highest BCUT2D eigenvalue weighted by molar-refractivity contribution is 7.88. The minimum Gasteiger partial charge on any atom is -0.389 e. The maximum absolute atomic E-state index is 12.0. The Bertz CT molecular complexity index is 712. The number of nitrogens with two attached hydrogens (primary N) is 1. The average Bonchev–Trinajstić information content (AvgIpc) is 2.91. The zero-order valence-corrected chi connectivity index (χ0v) is 12.9. The monoisotopic (exact) mass is 324 g/mol. The van der Waals surface area contributed by atoms with Gasteiger partial charge in [-0.3, -0.25) is 0 Å². The molecular weight excluding hydrogens is 308 g/mol. The number of nitrogens with zero attached hydrogens (tertiary/aromatic N) is 2. The van der Waals surface area contributed by atoms with Crippen molar-refractivity contribution in [2.45, 2.75) is 12.3 Å². The zero-order valence-electron chi connectivity index (χ0n) is 11.3. The van der Waals surface area contributed by atoms with Gasteiger partial charge in [0.15, 0.2) is 0 Å². The smallest absolute Gasteiger partial charge is 0.215 e. The van der Waals surface area contributed by atoms with Crippen LogP contribution in [0.5, 0.6) is 0 Å². The number of rotatable bonds is 7. The summed E-state index contributed by atoms with van der Waals surface area (Å²) in [7, 11) is -3.40. The molecule has 0 atom stereocenters. The molecule has 0 aliphatic rings. The number of hydrogen-bond acceptors (Lipinski definition) is 4. The van der Waals surface area contributed by atoms with Crippen molar-refractivity contribution < 1.29 is 8.42 Å². The molecule has 2 aromatic rings. The Labute approximate surface area is 129 Å². The van der Waals surface area contributed by atoms with Crippen LogP contribution in [0.15, 0.2) is 43.0 Å². The first-order valence-corrected chi connectivity index (χ1v) is 8.34. The fourth-order valence-corrected chi connectivity index (χ4v) is 3.08. The molecule has 1 aromatic carbocycles. The van der Waals surface area contributed by atoms with E-state index in [-0.39, 0.29) is 10.7 Å². The first kappa shape index (κ1) is 15.6. The minimum absolute atomic E-state index is 0.104. The maximum atomic E-state index is 12.0. The van der Waals surface area contributed by atoms with Crippen molar-refractivity contribution in [3.05, 3.63) is 54.1 Å². The Balaban J connectivity index is 1.94. The molecule has 0 bridgehead atoms. The van der Waals surface area contributed by atoms with Gasteiger partial charge in [-0.1, -0.05) is 30.4 Å². The molecule has 112 valence electrons. The number of imidazole rings is 1. The van der Waals surface area contributed by atoms with Crippen LogP contribution in [0, 0.1) is 0 Å². The molecule has 1 heterocycles. The lowest BCUT2D eigenvalue weighted by molar-refractivity contribution is 0.572. The third-order valence-corrected chi connectivity index (χ3v) is 4.41. The molecule has 0 saturated heterocycles. The van der Waals surface area contributed by atoms with E-state index in [2.05, 4.69) is 9.71 Å². The van der Waals surface area contributed by atoms with Crippen molar-refractivity contribution in [1.29, 1.82) is 0 Å². The highest BCUT2D eigenvalue weighted by atomic mass is 32.2. The van der Waals surface area contributed by atoms with Crippen molar-refractivity contribution in [2.75, 3.05) is 6.54 Å². The Morgan fingerprint density at radius 2 is 2.24 bits per heavy atom. The van der Waals surface area contributed by atoms with Gasteiger partial charge in [-0.15, -0.1) is 0 Å². The van der Waals surface area contributed by atoms with E-state index < -0.39 is 10.0 Å². The summed E-state index contributed by atoms with van der Waals surface area (Å²) in [4.78, 5) is 4.15. The first-order valence-electron chi connectivity index (χ1n) is 6.28. The molecule has 8 heteroatoms. The number of hydrogen-bond donors (Lipinski definition) is 2. The van der Waals surface area contributed by atoms with Crippen LogP contribution in [0.25, 0.3) is 0 Å². The third kappa shape index (κ3) is 4.92. The minimum atomic E-state index is -3.40. The maximum Gasteiger partial charge on any atom is 0.215 e. The standard InChI is InChI=1S/C13H16N4O2S2/c14-13(20)12-3-1-2-11(8-12)9-21(18,19)16-5-7-17-6-4-15-10-17/h1-4,6,8,10,16H,5,7,9H2,(H2,14,20). The van der Waals surface area contributed by atoms with Gasteiger partial charge in [0.25, 0.3) is 0 Å². The number of thiocarbonyl (C=S) groups is 1. The Morgan fingerprint density at radius 3 is 2.90 bits per heavy atom. The van der Waals surface area contributed by atoms with Crippen molar-refractivity contribution in [3.8, 4) is 0 Å². The van der Waals surface area contributed by atoms with Gasteiger partial charge in [0.05, 0.1) is 12.1 Å². The molecule has 21 heavy (non-hydrogen) atoms. The van der Waals surface area contributed by atoms with Gasteiger partial charge < -0.3 is 10.3 Å². The number of aromatic nitrogens is 2. The van der Waals surface area contributed by atoms with Crippen LogP contribution in [0.2, 0.25) is 0 Å². The van der Waals surface area contributed by atoms with Gasteiger partial charge >= 0.3 is 0 Å². The Hall–Kier alpha value is -1.77. The highest BCUT2D eigenvalue weighted by Crippen LogP contribution is 2.08. The van der Waals surface area contributed by atoms with E-state index in [0.29, 0.717) is 24.2 Å². The van der Waals surface area contributed by atoms with Crippen molar-refractivity contribution >= 4 is 27.2 Å². The van der Waals surface area contributed by atoms with Gasteiger partial charge in [-0.2, -0.15) is 0 Å². The van der Waals surface area contributed by atoms with Crippen molar-refractivity contribution in [2.24, 2.45) is 5.73 Å². The lowest BCUT2D eigenvalue weighted by Crippen LogP contribution is -2.28. The van der Waals surface area contributed by atoms with Crippen molar-refractivity contribution in [1.82, 2.24) is 14.3 Å². The summed E-state index contributed by atoms with van der Waals surface area (Å²) in [6, 6.07) is 6.92. The summed E-state index contributed by atoms with van der Waals surface area (Å²) in [5, 5.41) is 0. The normalized spacial score (nSPS) is 11.4. The van der Waals surface area contributed by atoms with Crippen LogP contribution in [-0.2, 0) is 22.3 Å². The number of nitrogens with one attached hydrogen (secondary N) is 1. The quantitative estimate of drug-likeness (QED) is 0.729. The fraction of sp³-hybridized carbons (Fsp3) is 0.231. The summed E-state index contributed by atoms with van der Waals surface area (Å²) < 4.78 is 28.4. The van der Waals surface area contributed by atoms with Gasteiger partial charge in [-0.25, -0.2) is 18.1 Å². The summed E-state index contributed by atoms with van der Waals surface area (Å²) >= 11 is 4.88. The molecule has 6 nitrogen and oxygen atoms in total. The molecule has 0 spiro atoms. The summed E-state index contributed by atoms with van der Waals surface area (Å²) in [6.07, 6.45) is 5.07. The lowest BCUT2D eigenvalue weighted by atomic mass is 10.1. The van der Waals surface area contributed by atoms with Gasteiger partial charge in [0, 0.05) is 31.0 Å². The van der Waals surface area contributed by atoms with E-state index in [1.54, 1.807) is 47.6 Å². The first-order chi connectivity index (χ1) is 9.96. The van der Waals surface area contributed by atoms with E-state index in [1.165, 1.54) is 0 Å². The molecule has 0 amide bonds. The van der Waals surface area contributed by atoms with Crippen LogP contribution in [0.4, 0.5) is 0 Å². The van der Waals surface area contributed by atoms with E-state index in [0.717, 1.165) is 0 Å². The second-order valence-corrected chi connectivity index (χ2v) is 6.77. The van der Waals surface area contributed by atoms with Gasteiger partial charge in [0.2, 0.25) is 10.0 Å². The summed E-state index contributed by atoms with van der Waals surface area (Å²) in [6.45, 7) is 0.847. The zero-order chi connectivity index (χ0) is 15.3. The van der Waals surface area contributed by atoms with Crippen LogP contribution >= 0.6 is 12.2 Å². The Kier molecular flexibility index (Phi) is 5.05. The summed E-state index contributed by atoms with van der Waals surface area (Å²) in [5.41, 5.74) is 6.85. The lowest BCUT2D eigenvalue weighted by Gasteiger charge is -2.08. The molecule has 0 saturated carbocycles. The molecule has 1 aromatic heterocycles. The molecule has 2 rings (SSSR count). The van der Waals surface area contributed by atoms with Gasteiger partial charge in [0.1, 0.15) is 4.99 Å². The molecule has 0 radical (unpaired) electrons. The molecular formula is C13H16N4O2S2. The van der Waals surface area contributed by atoms with Crippen molar-refractivity contribution in [3.63, 3.8) is 0 Å². The Morgan fingerprint density at radius 1 is 1.43 bits per heavy atom. The molecule has 0 fully saturated rings. The topological polar surface area (TPSA) is 90.0 Å². The summed E-state index contributed by atoms with van der Waals surface area (Å²) in [5.74, 6) is -0.104. The predicted molar refractivity (Wildman–Crippen MR) is 85.2 cm³/mol. The van der Waals surface area contributed by atoms with Gasteiger partial charge in [-0.05, 0) is 11.6 Å². The highest BCUT2D eigenvalue weighted by Gasteiger charge is 2.11. The number of sulfonamides is 1. The second kappa shape index (κ2) is 6.79. The van der Waals surface area contributed by atoms with E-state index in [4.69, 9.17) is 18.0 Å². The SMILES string of the molecule is NC(=S)c1cccc(CS(=O)(=O)NCCn2ccnc2)c1. The third-order valence-electron chi connectivity index (χ3n) is 2.82. The number of benzene rings is 1. The van der Waals surface area contributed by atoms with E-state index in [1.807, 2.05) is 0 Å². The van der Waals surface area contributed by atoms with E-state index in [9.17, 15) is 8.42 Å². The second-order valence-electron chi connectivity index (χ2n) is 4.52. The fourth-order valence-electron chi connectivity index (χ4n) is 1.83. The molecule has 0 aliphatic heterocycles. The molecule has 0 aliphatic carbocycles. The van der Waals surface area contributed by atoms with Crippen LogP contribution in [0.1, 0.15) is 11.1 Å². The van der Waals surface area contributed by atoms with Crippen LogP contribution < -0.4 is 10.5 Å². The molecule has 3 N–H and O–H groups in total. The van der Waals surface area contributed by atoms with Crippen LogP contribution in [-0.4, -0.2) is 29.5 Å². The average molecular weight is 324 g/mol. The molecule has 0 unspecified atom stereocenters. The largest absolute Gasteiger partial charge is 0.389 e. The van der Waals surface area contributed by atoms with E-state index >= 15 is 0 Å². The van der Waals surface area contributed by atoms with Crippen LogP contribution in [0.3, 0.4) is 0 Å².